The van der Waals surface area contributed by atoms with E-state index in [0.717, 1.165) is 36.2 Å². The number of rotatable bonds is 4. The number of aryl methyl sites for hydroxylation is 3. The normalized spacial score (nSPS) is 19.6. The first kappa shape index (κ1) is 21.6. The summed E-state index contributed by atoms with van der Waals surface area (Å²) in [6, 6.07) is 13.9. The molecule has 2 aromatic rings. The van der Waals surface area contributed by atoms with Gasteiger partial charge in [0.1, 0.15) is 0 Å². The minimum atomic E-state index is 0. The molecule has 0 N–H and O–H groups in total. The van der Waals surface area contributed by atoms with Gasteiger partial charge in [0.15, 0.2) is 0 Å². The molecule has 1 aliphatic rings. The summed E-state index contributed by atoms with van der Waals surface area (Å²) in [4.78, 5) is 0. The fraction of sp³-hybridized carbons (Fsp3) is 0.520. The maximum Gasteiger partial charge on any atom is 0 e. The molecular formula is C25H39In. The zero-order chi connectivity index (χ0) is 19.1. The Kier molecular flexibility index (Phi) is 8.80. The molecule has 0 saturated heterocycles. The molecule has 26 heavy (non-hydrogen) atoms. The summed E-state index contributed by atoms with van der Waals surface area (Å²) in [5, 5.41) is 0. The summed E-state index contributed by atoms with van der Waals surface area (Å²) in [7, 11) is 0. The van der Waals surface area contributed by atoms with Crippen molar-refractivity contribution in [3.05, 3.63) is 58.7 Å². The van der Waals surface area contributed by atoms with Crippen molar-refractivity contribution in [2.75, 3.05) is 0 Å². The molecule has 3 rings (SSSR count). The molecule has 0 aromatic heterocycles. The second-order valence-corrected chi connectivity index (χ2v) is 8.10. The first-order valence-corrected chi connectivity index (χ1v) is 16.4. The Bertz CT molecular complexity index is 659. The molecule has 0 atom stereocenters. The molecular weight excluding hydrogens is 415 g/mol. The Morgan fingerprint density at radius 3 is 1.92 bits per heavy atom. The van der Waals surface area contributed by atoms with Crippen molar-refractivity contribution >= 4 is 24.4 Å². The van der Waals surface area contributed by atoms with Gasteiger partial charge in [0.05, 0.1) is 0 Å². The maximum absolute atomic E-state index is 2.41. The zero-order valence-corrected chi connectivity index (χ0v) is 23.6. The minimum Gasteiger partial charge on any atom is 0 e. The van der Waals surface area contributed by atoms with Crippen molar-refractivity contribution in [1.82, 2.24) is 0 Å². The van der Waals surface area contributed by atoms with Gasteiger partial charge in [0.25, 0.3) is 0 Å². The second kappa shape index (κ2) is 10.6. The predicted molar refractivity (Wildman–Crippen MR) is 122 cm³/mol. The number of benzene rings is 2. The summed E-state index contributed by atoms with van der Waals surface area (Å²) >= 11 is 0.950. The van der Waals surface area contributed by atoms with E-state index in [1.165, 1.54) is 71.9 Å². The van der Waals surface area contributed by atoms with E-state index in [0.29, 0.717) is 0 Å². The van der Waals surface area contributed by atoms with Gasteiger partial charge in [-0.25, -0.2) is 0 Å². The van der Waals surface area contributed by atoms with Gasteiger partial charge in [-0.3, -0.25) is 0 Å². The molecule has 142 valence electrons. The minimum absolute atomic E-state index is 0. The molecule has 1 fully saturated rings. The van der Waals surface area contributed by atoms with Crippen LogP contribution in [0.15, 0.2) is 36.4 Å². The van der Waals surface area contributed by atoms with Crippen LogP contribution in [0, 0.1) is 32.6 Å². The SMILES string of the molecule is Cc1cc(-c2ccc(CCC3CCC(C)CC3)cc2)cc(C)c1C.[CH3][InH2].[HH]. The van der Waals surface area contributed by atoms with E-state index in [1.54, 1.807) is 0 Å². The van der Waals surface area contributed by atoms with Crippen molar-refractivity contribution < 1.29 is 1.43 Å². The van der Waals surface area contributed by atoms with E-state index in [1.807, 2.05) is 0 Å². The Balaban J connectivity index is 0.00000118. The van der Waals surface area contributed by atoms with Crippen LogP contribution in [0.25, 0.3) is 11.1 Å². The summed E-state index contributed by atoms with van der Waals surface area (Å²) in [5.74, 6) is 1.92. The average Bonchev–Trinajstić information content (AvgIpc) is 2.67. The third-order valence-electron chi connectivity index (χ3n) is 6.19. The Morgan fingerprint density at radius 1 is 0.846 bits per heavy atom. The molecule has 0 amide bonds. The molecule has 0 unspecified atom stereocenters. The zero-order valence-electron chi connectivity index (χ0n) is 17.9. The summed E-state index contributed by atoms with van der Waals surface area (Å²) < 4.78 is 2.21. The van der Waals surface area contributed by atoms with Crippen molar-refractivity contribution in [2.24, 2.45) is 11.8 Å². The third-order valence-corrected chi connectivity index (χ3v) is 6.19. The molecule has 1 aliphatic carbocycles. The van der Waals surface area contributed by atoms with Gasteiger partial charge in [-0.15, -0.1) is 0 Å². The topological polar surface area (TPSA) is 0 Å². The molecule has 0 radical (unpaired) electrons. The van der Waals surface area contributed by atoms with Crippen LogP contribution in [0.1, 0.15) is 62.7 Å². The van der Waals surface area contributed by atoms with Crippen LogP contribution in [0.2, 0.25) is 4.68 Å². The maximum atomic E-state index is 2.41. The Hall–Kier alpha value is -0.690. The molecule has 0 aliphatic heterocycles. The van der Waals surface area contributed by atoms with Crippen LogP contribution >= 0.6 is 0 Å². The summed E-state index contributed by atoms with van der Waals surface area (Å²) in [6.45, 7) is 9.05. The summed E-state index contributed by atoms with van der Waals surface area (Å²) in [5.41, 5.74) is 8.39. The molecule has 1 saturated carbocycles. The van der Waals surface area contributed by atoms with Gasteiger partial charge in [-0.1, -0.05) is 69.0 Å². The molecule has 0 bridgehead atoms. The molecule has 0 heterocycles. The molecule has 2 aromatic carbocycles. The monoisotopic (exact) mass is 454 g/mol. The number of hydrogen-bond acceptors (Lipinski definition) is 0. The number of hydrogen-bond donors (Lipinski definition) is 0. The quantitative estimate of drug-likeness (QED) is 0.469. The van der Waals surface area contributed by atoms with E-state index in [9.17, 15) is 0 Å². The van der Waals surface area contributed by atoms with E-state index in [4.69, 9.17) is 0 Å². The standard InChI is InChI=1S/C24H32.CH3.In.H2.2H/c1-17-5-7-21(8-6-17)9-10-22-11-13-23(14-12-22)24-15-18(2)20(4)19(3)16-24;;;;;/h11-17,21H,5-10H2,1-4H3;1H3;;1H;;. The fourth-order valence-corrected chi connectivity index (χ4v) is 4.05. The van der Waals surface area contributed by atoms with Gasteiger partial charge < -0.3 is 0 Å². The van der Waals surface area contributed by atoms with Crippen molar-refractivity contribution in [2.45, 2.75) is 70.9 Å². The molecule has 1 heteroatoms. The smallest absolute Gasteiger partial charge is 0 e. The van der Waals surface area contributed by atoms with E-state index < -0.39 is 0 Å². The van der Waals surface area contributed by atoms with Crippen molar-refractivity contribution in [1.29, 1.82) is 0 Å². The molecule has 0 nitrogen and oxygen atoms in total. The first-order chi connectivity index (χ1) is 12.5. The van der Waals surface area contributed by atoms with Gasteiger partial charge in [-0.2, -0.15) is 0 Å². The van der Waals surface area contributed by atoms with Crippen molar-refractivity contribution in [3.63, 3.8) is 0 Å². The fourth-order valence-electron chi connectivity index (χ4n) is 4.05. The van der Waals surface area contributed by atoms with Gasteiger partial charge in [0.2, 0.25) is 0 Å². The second-order valence-electron chi connectivity index (χ2n) is 8.10. The Morgan fingerprint density at radius 2 is 1.38 bits per heavy atom. The Labute approximate surface area is 177 Å². The largest absolute Gasteiger partial charge is 0 e. The van der Waals surface area contributed by atoms with Gasteiger partial charge >= 0.3 is 29.1 Å². The predicted octanol–water partition coefficient (Wildman–Crippen LogP) is 6.95. The molecule has 0 spiro atoms. The summed E-state index contributed by atoms with van der Waals surface area (Å²) in [6.07, 6.45) is 8.38. The van der Waals surface area contributed by atoms with Crippen LogP contribution in [0.5, 0.6) is 0 Å². The van der Waals surface area contributed by atoms with Crippen molar-refractivity contribution in [3.8, 4) is 11.1 Å². The van der Waals surface area contributed by atoms with E-state index in [2.05, 4.69) is 68.8 Å². The van der Waals surface area contributed by atoms with Crippen LogP contribution in [-0.4, -0.2) is 24.4 Å². The van der Waals surface area contributed by atoms with Crippen LogP contribution in [-0.2, 0) is 6.42 Å². The third kappa shape index (κ3) is 5.91. The van der Waals surface area contributed by atoms with Crippen LogP contribution in [0.3, 0.4) is 0 Å². The van der Waals surface area contributed by atoms with E-state index >= 15 is 0 Å². The first-order valence-electron chi connectivity index (χ1n) is 10.7. The van der Waals surface area contributed by atoms with Crippen LogP contribution in [0.4, 0.5) is 0 Å². The van der Waals surface area contributed by atoms with Gasteiger partial charge in [-0.05, 0) is 78.8 Å². The van der Waals surface area contributed by atoms with Gasteiger partial charge in [0, 0.05) is 1.43 Å². The van der Waals surface area contributed by atoms with E-state index in [-0.39, 0.29) is 1.43 Å². The average molecular weight is 454 g/mol. The van der Waals surface area contributed by atoms with Crippen LogP contribution < -0.4 is 0 Å².